The van der Waals surface area contributed by atoms with Crippen molar-refractivity contribution in [3.8, 4) is 0 Å². The van der Waals surface area contributed by atoms with E-state index >= 15 is 0 Å². The number of hydrogen-bond donors (Lipinski definition) is 1. The van der Waals surface area contributed by atoms with E-state index in [0.717, 1.165) is 6.42 Å². The van der Waals surface area contributed by atoms with Crippen molar-refractivity contribution in [2.45, 2.75) is 49.3 Å². The molecule has 0 radical (unpaired) electrons. The van der Waals surface area contributed by atoms with E-state index in [1.165, 1.54) is 0 Å². The highest BCUT2D eigenvalue weighted by Gasteiger charge is 2.71. The number of benzene rings is 1. The van der Waals surface area contributed by atoms with E-state index in [9.17, 15) is 19.5 Å². The van der Waals surface area contributed by atoms with Gasteiger partial charge in [0.15, 0.2) is 0 Å². The molecular weight excluding hydrogens is 510 g/mol. The molecule has 0 aromatic heterocycles. The number of anilines is 1. The molecule has 0 saturated carbocycles. The lowest BCUT2D eigenvalue weighted by atomic mass is 9.78. The van der Waals surface area contributed by atoms with Gasteiger partial charge in [-0.1, -0.05) is 56.7 Å². The van der Waals surface area contributed by atoms with Crippen LogP contribution in [0.2, 0.25) is 5.02 Å². The van der Waals surface area contributed by atoms with E-state index in [-0.39, 0.29) is 35.5 Å². The number of carbonyl (C=O) groups is 3. The number of likely N-dealkylation sites (tertiary alicyclic amines) is 1. The van der Waals surface area contributed by atoms with Crippen LogP contribution in [0, 0.1) is 17.8 Å². The van der Waals surface area contributed by atoms with E-state index in [2.05, 4.69) is 6.08 Å². The molecule has 0 aliphatic carbocycles. The Balaban J connectivity index is 1.64. The topological polar surface area (TPSA) is 81.2 Å². The molecule has 0 bridgehead atoms. The molecule has 37 heavy (non-hydrogen) atoms. The first-order chi connectivity index (χ1) is 17.7. The van der Waals surface area contributed by atoms with E-state index in [4.69, 9.17) is 11.6 Å². The zero-order valence-electron chi connectivity index (χ0n) is 21.4. The van der Waals surface area contributed by atoms with Crippen molar-refractivity contribution < 1.29 is 19.5 Å². The van der Waals surface area contributed by atoms with Gasteiger partial charge >= 0.3 is 0 Å². The van der Waals surface area contributed by atoms with Gasteiger partial charge in [0, 0.05) is 35.6 Å². The summed E-state index contributed by atoms with van der Waals surface area (Å²) >= 11 is 7.67. The van der Waals surface area contributed by atoms with Crippen LogP contribution in [0.25, 0.3) is 0 Å². The highest BCUT2D eigenvalue weighted by atomic mass is 35.5. The summed E-state index contributed by atoms with van der Waals surface area (Å²) in [6, 6.07) is 5.72. The Morgan fingerprint density at radius 2 is 1.81 bits per heavy atom. The van der Waals surface area contributed by atoms with Gasteiger partial charge in [0.1, 0.15) is 6.04 Å². The summed E-state index contributed by atoms with van der Waals surface area (Å²) in [6.07, 6.45) is 8.87. The minimum atomic E-state index is -0.901. The number of aliphatic hydroxyl groups excluding tert-OH is 1. The summed E-state index contributed by atoms with van der Waals surface area (Å²) < 4.78 is -0.901. The lowest BCUT2D eigenvalue weighted by molar-refractivity contribution is -0.145. The van der Waals surface area contributed by atoms with E-state index in [0.29, 0.717) is 30.3 Å². The molecule has 9 heteroatoms. The molecule has 2 saturated heterocycles. The molecule has 5 rings (SSSR count). The third kappa shape index (κ3) is 4.12. The van der Waals surface area contributed by atoms with Crippen molar-refractivity contribution in [1.29, 1.82) is 0 Å². The molecule has 1 aromatic rings. The van der Waals surface area contributed by atoms with Gasteiger partial charge in [0.2, 0.25) is 11.8 Å². The number of amides is 3. The lowest BCUT2D eigenvalue weighted by Gasteiger charge is -2.39. The number of rotatable bonds is 6. The van der Waals surface area contributed by atoms with Crippen LogP contribution >= 0.6 is 23.4 Å². The molecule has 198 valence electrons. The molecule has 1 aromatic carbocycles. The maximum Gasteiger partial charge on any atom is 0.251 e. The summed E-state index contributed by atoms with van der Waals surface area (Å²) in [5, 5.41) is 10.8. The number of aliphatic hydroxyl groups is 1. The fourth-order valence-electron chi connectivity index (χ4n) is 6.43. The molecule has 1 spiro atoms. The summed E-state index contributed by atoms with van der Waals surface area (Å²) in [5.74, 6) is -1.75. The normalized spacial score (nSPS) is 31.9. The molecule has 1 unspecified atom stereocenters. The average Bonchev–Trinajstić information content (AvgIpc) is 3.18. The lowest BCUT2D eigenvalue weighted by Crippen LogP contribution is -2.57. The average molecular weight is 544 g/mol. The molecule has 4 heterocycles. The largest absolute Gasteiger partial charge is 0.394 e. The first-order valence-electron chi connectivity index (χ1n) is 13.1. The highest BCUT2D eigenvalue weighted by Crippen LogP contribution is 2.61. The Morgan fingerprint density at radius 3 is 2.46 bits per heavy atom. The quantitative estimate of drug-likeness (QED) is 0.556. The maximum absolute atomic E-state index is 14.4. The Morgan fingerprint density at radius 1 is 1.08 bits per heavy atom. The van der Waals surface area contributed by atoms with Gasteiger partial charge in [0.05, 0.1) is 29.2 Å². The van der Waals surface area contributed by atoms with E-state index in [1.54, 1.807) is 45.8 Å². The SMILES string of the molecule is CCCN1CC=C[C@@H]2S[C@]34C=CCN(c5ccc(Cl)cc5)C(=O)C3N([C@@H](CO)C(C)C)C(=O)[C@@H]4[C@@H]2C1=O. The van der Waals surface area contributed by atoms with Crippen molar-refractivity contribution in [2.75, 3.05) is 31.1 Å². The number of fused-ring (bicyclic) bond motifs is 2. The van der Waals surface area contributed by atoms with Crippen LogP contribution in [0.1, 0.15) is 27.2 Å². The van der Waals surface area contributed by atoms with Gasteiger partial charge in [0.25, 0.3) is 5.91 Å². The first kappa shape index (κ1) is 26.3. The molecule has 4 aliphatic rings. The van der Waals surface area contributed by atoms with Crippen molar-refractivity contribution in [3.05, 3.63) is 53.6 Å². The number of carbonyl (C=O) groups excluding carboxylic acids is 3. The van der Waals surface area contributed by atoms with Crippen LogP contribution in [-0.2, 0) is 14.4 Å². The molecule has 4 aliphatic heterocycles. The second-order valence-electron chi connectivity index (χ2n) is 10.6. The summed E-state index contributed by atoms with van der Waals surface area (Å²) in [7, 11) is 0. The fourth-order valence-corrected chi connectivity index (χ4v) is 8.55. The molecule has 1 N–H and O–H groups in total. The van der Waals surface area contributed by atoms with Crippen molar-refractivity contribution in [1.82, 2.24) is 9.80 Å². The smallest absolute Gasteiger partial charge is 0.251 e. The van der Waals surface area contributed by atoms with Gasteiger partial charge in [-0.2, -0.15) is 0 Å². The Bertz CT molecular complexity index is 1140. The molecular formula is C28H34ClN3O4S. The van der Waals surface area contributed by atoms with Gasteiger partial charge in [-0.15, -0.1) is 11.8 Å². The van der Waals surface area contributed by atoms with Crippen LogP contribution in [0.5, 0.6) is 0 Å². The fraction of sp³-hybridized carbons (Fsp3) is 0.536. The second kappa shape index (κ2) is 10.1. The Kier molecular flexibility index (Phi) is 7.20. The van der Waals surface area contributed by atoms with E-state index in [1.807, 2.05) is 43.9 Å². The molecule has 6 atom stereocenters. The van der Waals surface area contributed by atoms with Crippen LogP contribution in [0.4, 0.5) is 5.69 Å². The third-order valence-corrected chi connectivity index (χ3v) is 10.1. The zero-order valence-corrected chi connectivity index (χ0v) is 23.0. The third-order valence-electron chi connectivity index (χ3n) is 8.13. The van der Waals surface area contributed by atoms with Crippen molar-refractivity contribution in [3.63, 3.8) is 0 Å². The number of halogens is 1. The van der Waals surface area contributed by atoms with Crippen LogP contribution < -0.4 is 4.90 Å². The molecule has 7 nitrogen and oxygen atoms in total. The number of nitrogens with zero attached hydrogens (tertiary/aromatic N) is 3. The predicted molar refractivity (Wildman–Crippen MR) is 146 cm³/mol. The number of thioether (sulfide) groups is 1. The Hall–Kier alpha value is -2.29. The summed E-state index contributed by atoms with van der Waals surface area (Å²) in [6.45, 7) is 7.18. The second-order valence-corrected chi connectivity index (χ2v) is 12.5. The molecule has 3 amide bonds. The van der Waals surface area contributed by atoms with Crippen molar-refractivity contribution in [2.24, 2.45) is 17.8 Å². The monoisotopic (exact) mass is 543 g/mol. The maximum atomic E-state index is 14.4. The predicted octanol–water partition coefficient (Wildman–Crippen LogP) is 3.37. The molecule has 2 fully saturated rings. The number of hydrogen-bond acceptors (Lipinski definition) is 5. The van der Waals surface area contributed by atoms with Crippen LogP contribution in [0.3, 0.4) is 0 Å². The minimum Gasteiger partial charge on any atom is -0.394 e. The standard InChI is InChI=1S/C28H34ClN3O4S/c1-4-13-30-14-5-7-21-22(25(30)34)23-26(35)32(20(16-33)17(2)3)24-27(36)31(15-6-12-28(23,24)37-21)19-10-8-18(29)9-11-19/h5-12,17,20-24,33H,4,13-16H2,1-3H3/t20-,21-,22+,23-,24?,28-/m0/s1. The minimum absolute atomic E-state index is 0.0232. The van der Waals surface area contributed by atoms with Gasteiger partial charge in [-0.05, 0) is 36.6 Å². The zero-order chi connectivity index (χ0) is 26.5. The van der Waals surface area contributed by atoms with Gasteiger partial charge in [-0.25, -0.2) is 0 Å². The summed E-state index contributed by atoms with van der Waals surface area (Å²) in [5.41, 5.74) is 0.694. The van der Waals surface area contributed by atoms with Crippen LogP contribution in [-0.4, -0.2) is 80.9 Å². The van der Waals surface area contributed by atoms with Gasteiger partial charge in [-0.3, -0.25) is 14.4 Å². The highest BCUT2D eigenvalue weighted by molar-refractivity contribution is 8.02. The van der Waals surface area contributed by atoms with Crippen molar-refractivity contribution >= 4 is 46.8 Å². The summed E-state index contributed by atoms with van der Waals surface area (Å²) in [4.78, 5) is 47.8. The van der Waals surface area contributed by atoms with Gasteiger partial charge < -0.3 is 19.8 Å². The Labute approximate surface area is 227 Å². The van der Waals surface area contributed by atoms with Crippen LogP contribution in [0.15, 0.2) is 48.6 Å². The van der Waals surface area contributed by atoms with E-state index < -0.39 is 28.7 Å². The first-order valence-corrected chi connectivity index (χ1v) is 14.3.